The fourth-order valence-electron chi connectivity index (χ4n) is 2.68. The van der Waals surface area contributed by atoms with E-state index in [2.05, 4.69) is 20.4 Å². The monoisotopic (exact) mass is 372 g/mol. The number of hydrogen-bond acceptors (Lipinski definition) is 4. The van der Waals surface area contributed by atoms with Gasteiger partial charge in [-0.15, -0.1) is 5.10 Å². The Morgan fingerprint density at radius 1 is 1.22 bits per heavy atom. The molecule has 0 saturated carbocycles. The van der Waals surface area contributed by atoms with Gasteiger partial charge in [0.05, 0.1) is 11.4 Å². The number of halogens is 2. The molecule has 27 heavy (non-hydrogen) atoms. The first-order valence-electron chi connectivity index (χ1n) is 8.35. The van der Waals surface area contributed by atoms with Crippen molar-refractivity contribution in [3.8, 4) is 11.4 Å². The summed E-state index contributed by atoms with van der Waals surface area (Å²) < 4.78 is 30.4. The number of carbonyl (C=O) groups excluding carboxylic acids is 1. The highest BCUT2D eigenvalue weighted by Gasteiger charge is 2.19. The number of ether oxygens (including phenoxy) is 1. The maximum Gasteiger partial charge on any atom is 0.387 e. The standard InChI is InChI=1S/C19H18F2N4O2/c1-3-16-17(18(26)22-13-6-4-5-12(2)11-13)23-24-25(16)14-7-9-15(10-8-14)27-19(20)21/h4-11,19H,3H2,1-2H3,(H,22,26). The summed E-state index contributed by atoms with van der Waals surface area (Å²) in [6, 6.07) is 13.4. The molecule has 0 radical (unpaired) electrons. The van der Waals surface area contributed by atoms with Crippen molar-refractivity contribution in [2.45, 2.75) is 26.9 Å². The van der Waals surface area contributed by atoms with E-state index in [0.29, 0.717) is 23.5 Å². The molecular formula is C19H18F2N4O2. The SMILES string of the molecule is CCc1c(C(=O)Nc2cccc(C)c2)nnn1-c1ccc(OC(F)F)cc1. The minimum absolute atomic E-state index is 0.0457. The Balaban J connectivity index is 1.85. The number of benzene rings is 2. The van der Waals surface area contributed by atoms with Crippen molar-refractivity contribution in [3.05, 3.63) is 65.5 Å². The van der Waals surface area contributed by atoms with E-state index in [9.17, 15) is 13.6 Å². The van der Waals surface area contributed by atoms with Crippen LogP contribution in [0.5, 0.6) is 5.75 Å². The van der Waals surface area contributed by atoms with E-state index in [-0.39, 0.29) is 17.4 Å². The van der Waals surface area contributed by atoms with E-state index in [4.69, 9.17) is 0 Å². The first-order chi connectivity index (χ1) is 13.0. The zero-order chi connectivity index (χ0) is 19.4. The predicted molar refractivity (Wildman–Crippen MR) is 96.5 cm³/mol. The minimum Gasteiger partial charge on any atom is -0.435 e. The molecule has 1 aromatic heterocycles. The van der Waals surface area contributed by atoms with Gasteiger partial charge in [0.2, 0.25) is 0 Å². The number of alkyl halides is 2. The van der Waals surface area contributed by atoms with Crippen LogP contribution in [0.4, 0.5) is 14.5 Å². The topological polar surface area (TPSA) is 69.0 Å². The lowest BCUT2D eigenvalue weighted by Crippen LogP contribution is -2.15. The van der Waals surface area contributed by atoms with Gasteiger partial charge in [-0.25, -0.2) is 4.68 Å². The molecule has 0 aliphatic carbocycles. The molecule has 0 spiro atoms. The second-order valence-electron chi connectivity index (χ2n) is 5.85. The molecule has 6 nitrogen and oxygen atoms in total. The van der Waals surface area contributed by atoms with Crippen molar-refractivity contribution < 1.29 is 18.3 Å². The molecule has 8 heteroatoms. The number of amides is 1. The molecule has 0 unspecified atom stereocenters. The largest absolute Gasteiger partial charge is 0.435 e. The summed E-state index contributed by atoms with van der Waals surface area (Å²) in [6.45, 7) is 0.933. The van der Waals surface area contributed by atoms with Gasteiger partial charge in [0.15, 0.2) is 5.69 Å². The Kier molecular flexibility index (Phi) is 5.44. The third kappa shape index (κ3) is 4.28. The van der Waals surface area contributed by atoms with Crippen LogP contribution in [0.3, 0.4) is 0 Å². The van der Waals surface area contributed by atoms with Gasteiger partial charge in [-0.3, -0.25) is 4.79 Å². The van der Waals surface area contributed by atoms with Crippen LogP contribution in [0.2, 0.25) is 0 Å². The number of aryl methyl sites for hydroxylation is 1. The lowest BCUT2D eigenvalue weighted by molar-refractivity contribution is -0.0498. The first kappa shape index (κ1) is 18.5. The van der Waals surface area contributed by atoms with Gasteiger partial charge in [-0.1, -0.05) is 24.3 Å². The van der Waals surface area contributed by atoms with Crippen LogP contribution in [0.25, 0.3) is 5.69 Å². The zero-order valence-electron chi connectivity index (χ0n) is 14.8. The molecule has 3 aromatic rings. The molecule has 1 amide bonds. The molecule has 0 bridgehead atoms. The summed E-state index contributed by atoms with van der Waals surface area (Å²) in [5.41, 5.74) is 3.12. The molecule has 0 aliphatic rings. The second kappa shape index (κ2) is 7.94. The van der Waals surface area contributed by atoms with E-state index >= 15 is 0 Å². The third-order valence-electron chi connectivity index (χ3n) is 3.90. The highest BCUT2D eigenvalue weighted by Crippen LogP contribution is 2.20. The number of carbonyl (C=O) groups is 1. The molecular weight excluding hydrogens is 354 g/mol. The third-order valence-corrected chi connectivity index (χ3v) is 3.90. The van der Waals surface area contributed by atoms with Gasteiger partial charge in [0, 0.05) is 5.69 Å². The van der Waals surface area contributed by atoms with Crippen molar-refractivity contribution in [2.24, 2.45) is 0 Å². The highest BCUT2D eigenvalue weighted by molar-refractivity contribution is 6.03. The number of aromatic nitrogens is 3. The summed E-state index contributed by atoms with van der Waals surface area (Å²) in [5, 5.41) is 10.9. The van der Waals surface area contributed by atoms with E-state index in [0.717, 1.165) is 5.56 Å². The van der Waals surface area contributed by atoms with Gasteiger partial charge in [0.25, 0.3) is 5.91 Å². The van der Waals surface area contributed by atoms with E-state index < -0.39 is 6.61 Å². The fraction of sp³-hybridized carbons (Fsp3) is 0.211. The molecule has 0 aliphatic heterocycles. The summed E-state index contributed by atoms with van der Waals surface area (Å²) >= 11 is 0. The van der Waals surface area contributed by atoms with Crippen LogP contribution in [-0.4, -0.2) is 27.5 Å². The minimum atomic E-state index is -2.88. The molecule has 1 heterocycles. The van der Waals surface area contributed by atoms with Gasteiger partial charge in [0.1, 0.15) is 5.75 Å². The number of nitrogens with zero attached hydrogens (tertiary/aromatic N) is 3. The van der Waals surface area contributed by atoms with Crippen LogP contribution in [0.1, 0.15) is 28.7 Å². The number of hydrogen-bond donors (Lipinski definition) is 1. The van der Waals surface area contributed by atoms with Crippen LogP contribution >= 0.6 is 0 Å². The van der Waals surface area contributed by atoms with Crippen molar-refractivity contribution in [2.75, 3.05) is 5.32 Å². The summed E-state index contributed by atoms with van der Waals surface area (Å²) in [4.78, 5) is 12.6. The lowest BCUT2D eigenvalue weighted by Gasteiger charge is -2.08. The molecule has 140 valence electrons. The Morgan fingerprint density at radius 2 is 1.96 bits per heavy atom. The van der Waals surface area contributed by atoms with Crippen LogP contribution in [-0.2, 0) is 6.42 Å². The molecule has 0 atom stereocenters. The van der Waals surface area contributed by atoms with Crippen LogP contribution < -0.4 is 10.1 Å². The molecule has 0 saturated heterocycles. The number of nitrogens with one attached hydrogen (secondary N) is 1. The lowest BCUT2D eigenvalue weighted by atomic mass is 10.2. The molecule has 0 fully saturated rings. The van der Waals surface area contributed by atoms with Gasteiger partial charge >= 0.3 is 6.61 Å². The van der Waals surface area contributed by atoms with Gasteiger partial charge in [-0.05, 0) is 55.3 Å². The first-order valence-corrected chi connectivity index (χ1v) is 8.35. The maximum atomic E-state index is 12.6. The molecule has 1 N–H and O–H groups in total. The van der Waals surface area contributed by atoms with Gasteiger partial charge in [-0.2, -0.15) is 8.78 Å². The zero-order valence-corrected chi connectivity index (χ0v) is 14.8. The quantitative estimate of drug-likeness (QED) is 0.710. The smallest absolute Gasteiger partial charge is 0.387 e. The Hall–Kier alpha value is -3.29. The average Bonchev–Trinajstić information content (AvgIpc) is 3.06. The van der Waals surface area contributed by atoms with E-state index in [1.807, 2.05) is 32.0 Å². The number of rotatable bonds is 6. The normalized spacial score (nSPS) is 10.9. The Labute approximate surface area is 154 Å². The maximum absolute atomic E-state index is 12.6. The van der Waals surface area contributed by atoms with Crippen molar-refractivity contribution in [1.82, 2.24) is 15.0 Å². The molecule has 2 aromatic carbocycles. The van der Waals surface area contributed by atoms with Crippen LogP contribution in [0, 0.1) is 6.92 Å². The predicted octanol–water partition coefficient (Wildman–Crippen LogP) is 3.99. The second-order valence-corrected chi connectivity index (χ2v) is 5.85. The van der Waals surface area contributed by atoms with Crippen LogP contribution in [0.15, 0.2) is 48.5 Å². The van der Waals surface area contributed by atoms with E-state index in [1.165, 1.54) is 16.8 Å². The Bertz CT molecular complexity index is 939. The Morgan fingerprint density at radius 3 is 2.59 bits per heavy atom. The fourth-order valence-corrected chi connectivity index (χ4v) is 2.68. The average molecular weight is 372 g/mol. The molecule has 3 rings (SSSR count). The van der Waals surface area contributed by atoms with Crippen molar-refractivity contribution in [1.29, 1.82) is 0 Å². The van der Waals surface area contributed by atoms with Crippen molar-refractivity contribution in [3.63, 3.8) is 0 Å². The number of anilines is 1. The summed E-state index contributed by atoms with van der Waals surface area (Å²) in [7, 11) is 0. The summed E-state index contributed by atoms with van der Waals surface area (Å²) in [6.07, 6.45) is 0.513. The van der Waals surface area contributed by atoms with Gasteiger partial charge < -0.3 is 10.1 Å². The highest BCUT2D eigenvalue weighted by atomic mass is 19.3. The summed E-state index contributed by atoms with van der Waals surface area (Å²) in [5.74, 6) is -0.314. The van der Waals surface area contributed by atoms with E-state index in [1.54, 1.807) is 18.2 Å². The van der Waals surface area contributed by atoms with Crippen molar-refractivity contribution >= 4 is 11.6 Å².